The minimum absolute atomic E-state index is 0.195. The molecule has 2 aromatic rings. The minimum Gasteiger partial charge on any atom is -0.392 e. The third kappa shape index (κ3) is 3.14. The number of thiazole rings is 1. The number of benzene rings is 1. The van der Waals surface area contributed by atoms with Crippen molar-refractivity contribution in [1.82, 2.24) is 4.98 Å². The van der Waals surface area contributed by atoms with Gasteiger partial charge in [0.15, 0.2) is 0 Å². The van der Waals surface area contributed by atoms with Gasteiger partial charge in [0.05, 0.1) is 11.1 Å². The predicted octanol–water partition coefficient (Wildman–Crippen LogP) is 3.24. The van der Waals surface area contributed by atoms with Crippen molar-refractivity contribution >= 4 is 11.3 Å². The number of hydrogen-bond acceptors (Lipinski definition) is 3. The van der Waals surface area contributed by atoms with E-state index in [1.54, 1.807) is 17.5 Å². The molecule has 0 aliphatic heterocycles. The second-order valence-corrected chi connectivity index (χ2v) is 5.10. The van der Waals surface area contributed by atoms with Gasteiger partial charge in [0, 0.05) is 23.9 Å². The van der Waals surface area contributed by atoms with Gasteiger partial charge >= 0.3 is 0 Å². The third-order valence-electron chi connectivity index (χ3n) is 3.00. The number of aliphatic hydroxyl groups excluding tert-OH is 1. The van der Waals surface area contributed by atoms with Crippen LogP contribution in [0.2, 0.25) is 0 Å². The second kappa shape index (κ2) is 5.94. The first kappa shape index (κ1) is 12.3. The van der Waals surface area contributed by atoms with E-state index in [1.165, 1.54) is 5.56 Å². The number of rotatable bonds is 5. The van der Waals surface area contributed by atoms with E-state index in [0.717, 1.165) is 11.4 Å². The highest BCUT2D eigenvalue weighted by Crippen LogP contribution is 2.25. The maximum atomic E-state index is 10.3. The maximum Gasteiger partial charge on any atom is 0.0950 e. The Labute approximate surface area is 106 Å². The summed E-state index contributed by atoms with van der Waals surface area (Å²) < 4.78 is 0. The van der Waals surface area contributed by atoms with Crippen LogP contribution < -0.4 is 0 Å². The quantitative estimate of drug-likeness (QED) is 0.880. The van der Waals surface area contributed by atoms with Gasteiger partial charge in [-0.2, -0.15) is 0 Å². The minimum atomic E-state index is -0.353. The van der Waals surface area contributed by atoms with E-state index in [0.29, 0.717) is 6.42 Å². The summed E-state index contributed by atoms with van der Waals surface area (Å²) in [4.78, 5) is 4.23. The number of nitrogens with zero attached hydrogens (tertiary/aromatic N) is 1. The Morgan fingerprint density at radius 1 is 1.29 bits per heavy atom. The number of hydrogen-bond donors (Lipinski definition) is 1. The van der Waals surface area contributed by atoms with Crippen molar-refractivity contribution in [2.75, 3.05) is 0 Å². The molecular weight excluding hydrogens is 230 g/mol. The molecule has 0 saturated heterocycles. The van der Waals surface area contributed by atoms with E-state index in [4.69, 9.17) is 0 Å². The van der Waals surface area contributed by atoms with Crippen molar-refractivity contribution in [2.45, 2.75) is 31.8 Å². The molecule has 0 spiro atoms. The molecule has 0 bridgehead atoms. The highest BCUT2D eigenvalue weighted by molar-refractivity contribution is 7.09. The molecule has 0 amide bonds. The van der Waals surface area contributed by atoms with Crippen molar-refractivity contribution in [2.24, 2.45) is 0 Å². The molecule has 0 radical (unpaired) electrons. The Balaban J connectivity index is 2.08. The van der Waals surface area contributed by atoms with Gasteiger partial charge in [-0.25, -0.2) is 4.98 Å². The van der Waals surface area contributed by atoms with Crippen LogP contribution in [-0.4, -0.2) is 16.2 Å². The fourth-order valence-corrected chi connectivity index (χ4v) is 2.77. The lowest BCUT2D eigenvalue weighted by molar-refractivity contribution is 0.140. The first-order valence-corrected chi connectivity index (χ1v) is 6.80. The second-order valence-electron chi connectivity index (χ2n) is 4.12. The van der Waals surface area contributed by atoms with Crippen molar-refractivity contribution < 1.29 is 5.11 Å². The van der Waals surface area contributed by atoms with Crippen LogP contribution in [0.15, 0.2) is 41.9 Å². The zero-order valence-electron chi connectivity index (χ0n) is 9.91. The van der Waals surface area contributed by atoms with Crippen molar-refractivity contribution in [1.29, 1.82) is 0 Å². The summed E-state index contributed by atoms with van der Waals surface area (Å²) in [7, 11) is 0. The number of aliphatic hydroxyl groups is 1. The molecule has 2 atom stereocenters. The van der Waals surface area contributed by atoms with Crippen molar-refractivity contribution in [3.63, 3.8) is 0 Å². The Morgan fingerprint density at radius 3 is 2.65 bits per heavy atom. The normalized spacial score (nSPS) is 14.5. The van der Waals surface area contributed by atoms with Crippen LogP contribution in [0.5, 0.6) is 0 Å². The Hall–Kier alpha value is -1.19. The molecule has 0 aliphatic carbocycles. The topological polar surface area (TPSA) is 33.1 Å². The smallest absolute Gasteiger partial charge is 0.0950 e. The molecule has 17 heavy (non-hydrogen) atoms. The fourth-order valence-electron chi connectivity index (χ4n) is 2.11. The van der Waals surface area contributed by atoms with Crippen LogP contribution in [0, 0.1) is 0 Å². The molecular formula is C14H17NOS. The lowest BCUT2D eigenvalue weighted by Crippen LogP contribution is -2.20. The average Bonchev–Trinajstić information content (AvgIpc) is 2.84. The van der Waals surface area contributed by atoms with Gasteiger partial charge in [-0.15, -0.1) is 11.3 Å². The SMILES string of the molecule is CCC(c1ccccc1)C(O)Cc1nccs1. The van der Waals surface area contributed by atoms with E-state index < -0.39 is 0 Å². The largest absolute Gasteiger partial charge is 0.392 e. The van der Waals surface area contributed by atoms with E-state index in [1.807, 2.05) is 23.6 Å². The number of aromatic nitrogens is 1. The van der Waals surface area contributed by atoms with Gasteiger partial charge in [-0.3, -0.25) is 0 Å². The monoisotopic (exact) mass is 247 g/mol. The van der Waals surface area contributed by atoms with Gasteiger partial charge in [0.1, 0.15) is 0 Å². The van der Waals surface area contributed by atoms with Crippen LogP contribution in [0.1, 0.15) is 29.8 Å². The summed E-state index contributed by atoms with van der Waals surface area (Å²) >= 11 is 1.60. The molecule has 1 N–H and O–H groups in total. The van der Waals surface area contributed by atoms with Gasteiger partial charge < -0.3 is 5.11 Å². The Bertz CT molecular complexity index is 427. The molecule has 3 heteroatoms. The molecule has 1 aromatic heterocycles. The molecule has 0 saturated carbocycles. The van der Waals surface area contributed by atoms with Gasteiger partial charge in [-0.1, -0.05) is 37.3 Å². The molecule has 1 aromatic carbocycles. The van der Waals surface area contributed by atoms with Crippen LogP contribution in [0.25, 0.3) is 0 Å². The predicted molar refractivity (Wildman–Crippen MR) is 71.3 cm³/mol. The Kier molecular flexibility index (Phi) is 4.29. The fraction of sp³-hybridized carbons (Fsp3) is 0.357. The van der Waals surface area contributed by atoms with Gasteiger partial charge in [0.25, 0.3) is 0 Å². The van der Waals surface area contributed by atoms with Crippen molar-refractivity contribution in [3.8, 4) is 0 Å². The third-order valence-corrected chi connectivity index (χ3v) is 3.80. The van der Waals surface area contributed by atoms with E-state index in [-0.39, 0.29) is 12.0 Å². The zero-order valence-corrected chi connectivity index (χ0v) is 10.7. The molecule has 2 unspecified atom stereocenters. The highest BCUT2D eigenvalue weighted by atomic mass is 32.1. The molecule has 1 heterocycles. The van der Waals surface area contributed by atoms with Gasteiger partial charge in [-0.05, 0) is 12.0 Å². The maximum absolute atomic E-state index is 10.3. The summed E-state index contributed by atoms with van der Waals surface area (Å²) in [5.74, 6) is 0.195. The summed E-state index contributed by atoms with van der Waals surface area (Å²) in [6, 6.07) is 10.2. The summed E-state index contributed by atoms with van der Waals surface area (Å²) in [5.41, 5.74) is 1.21. The molecule has 0 aliphatic rings. The first-order valence-electron chi connectivity index (χ1n) is 5.92. The molecule has 90 valence electrons. The van der Waals surface area contributed by atoms with Crippen LogP contribution in [0.3, 0.4) is 0 Å². The van der Waals surface area contributed by atoms with Crippen molar-refractivity contribution in [3.05, 3.63) is 52.5 Å². The Morgan fingerprint density at radius 2 is 2.06 bits per heavy atom. The highest BCUT2D eigenvalue weighted by Gasteiger charge is 2.20. The lowest BCUT2D eigenvalue weighted by Gasteiger charge is -2.21. The molecule has 0 fully saturated rings. The van der Waals surface area contributed by atoms with E-state index in [2.05, 4.69) is 24.0 Å². The van der Waals surface area contributed by atoms with Gasteiger partial charge in [0.2, 0.25) is 0 Å². The molecule has 2 rings (SSSR count). The van der Waals surface area contributed by atoms with E-state index in [9.17, 15) is 5.11 Å². The van der Waals surface area contributed by atoms with Crippen LogP contribution in [-0.2, 0) is 6.42 Å². The zero-order chi connectivity index (χ0) is 12.1. The molecule has 2 nitrogen and oxygen atoms in total. The first-order chi connectivity index (χ1) is 8.31. The van der Waals surface area contributed by atoms with Crippen LogP contribution >= 0.6 is 11.3 Å². The average molecular weight is 247 g/mol. The summed E-state index contributed by atoms with van der Waals surface area (Å²) in [6.45, 7) is 2.11. The summed E-state index contributed by atoms with van der Waals surface area (Å²) in [5, 5.41) is 13.3. The van der Waals surface area contributed by atoms with E-state index >= 15 is 0 Å². The van der Waals surface area contributed by atoms with Crippen LogP contribution in [0.4, 0.5) is 0 Å². The summed E-state index contributed by atoms with van der Waals surface area (Å²) in [6.07, 6.45) is 3.02. The standard InChI is InChI=1S/C14H17NOS/c1-2-12(11-6-4-3-5-7-11)13(16)10-14-15-8-9-17-14/h3-9,12-13,16H,2,10H2,1H3. The lowest BCUT2D eigenvalue weighted by atomic mass is 9.89.